The van der Waals surface area contributed by atoms with E-state index in [4.69, 9.17) is 5.73 Å². The van der Waals surface area contributed by atoms with Gasteiger partial charge in [-0.3, -0.25) is 9.48 Å². The van der Waals surface area contributed by atoms with Gasteiger partial charge in [0.25, 0.3) is 5.91 Å². The smallest absolute Gasteiger partial charge is 0.365 e. The first-order chi connectivity index (χ1) is 5.82. The summed E-state index contributed by atoms with van der Waals surface area (Å²) in [6.45, 7) is 0. The largest absolute Gasteiger partial charge is 0.435 e. The molecule has 0 spiro atoms. The molecule has 0 bridgehead atoms. The van der Waals surface area contributed by atoms with E-state index in [1.807, 2.05) is 0 Å². The molecule has 2 N–H and O–H groups in total. The van der Waals surface area contributed by atoms with E-state index in [0.717, 1.165) is 10.9 Å². The summed E-state index contributed by atoms with van der Waals surface area (Å²) in [4.78, 5) is 10.6. The number of aryl methyl sites for hydroxylation is 1. The molecule has 0 aliphatic rings. The van der Waals surface area contributed by atoms with Crippen molar-refractivity contribution in [2.45, 2.75) is 6.18 Å². The van der Waals surface area contributed by atoms with Crippen LogP contribution in [0.4, 0.5) is 13.2 Å². The minimum Gasteiger partial charge on any atom is -0.365 e. The molecule has 1 heterocycles. The Morgan fingerprint density at radius 2 is 2.07 bits per heavy atom. The van der Waals surface area contributed by atoms with Crippen LogP contribution in [0.5, 0.6) is 0 Å². The van der Waals surface area contributed by atoms with E-state index in [0.29, 0.717) is 0 Å². The minimum absolute atomic E-state index is 0. The van der Waals surface area contributed by atoms with Gasteiger partial charge >= 0.3 is 6.18 Å². The van der Waals surface area contributed by atoms with Crippen molar-refractivity contribution in [3.8, 4) is 0 Å². The molecule has 0 fully saturated rings. The Balaban J connectivity index is 0.00000169. The SMILES string of the molecule is Cl.Cn1cc(C(N)=O)c(C(F)(F)F)n1. The lowest BCUT2D eigenvalue weighted by Crippen LogP contribution is -2.17. The van der Waals surface area contributed by atoms with Gasteiger partial charge in [-0.15, -0.1) is 12.4 Å². The van der Waals surface area contributed by atoms with Crippen LogP contribution in [0.3, 0.4) is 0 Å². The molecular weight excluding hydrogens is 223 g/mol. The molecule has 8 heteroatoms. The predicted molar refractivity (Wildman–Crippen MR) is 44.0 cm³/mol. The number of amides is 1. The summed E-state index contributed by atoms with van der Waals surface area (Å²) in [5, 5.41) is 3.09. The zero-order valence-corrected chi connectivity index (χ0v) is 7.82. The van der Waals surface area contributed by atoms with E-state index in [1.54, 1.807) is 0 Å². The Morgan fingerprint density at radius 1 is 1.57 bits per heavy atom. The zero-order chi connectivity index (χ0) is 10.2. The molecule has 0 aromatic carbocycles. The van der Waals surface area contributed by atoms with E-state index in [1.165, 1.54) is 7.05 Å². The number of carbonyl (C=O) groups excluding carboxylic acids is 1. The molecule has 1 aromatic rings. The van der Waals surface area contributed by atoms with Crippen LogP contribution in [-0.4, -0.2) is 15.7 Å². The number of aromatic nitrogens is 2. The van der Waals surface area contributed by atoms with Crippen LogP contribution >= 0.6 is 12.4 Å². The number of nitrogens with zero attached hydrogens (tertiary/aromatic N) is 2. The number of halogens is 4. The van der Waals surface area contributed by atoms with Crippen molar-refractivity contribution < 1.29 is 18.0 Å². The number of primary amides is 1. The molecule has 80 valence electrons. The van der Waals surface area contributed by atoms with Gasteiger partial charge < -0.3 is 5.73 Å². The molecule has 14 heavy (non-hydrogen) atoms. The molecule has 0 aliphatic heterocycles. The molecular formula is C6H7ClF3N3O. The highest BCUT2D eigenvalue weighted by Crippen LogP contribution is 2.30. The number of alkyl halides is 3. The molecule has 1 rings (SSSR count). The van der Waals surface area contributed by atoms with Gasteiger partial charge in [0.05, 0.1) is 5.56 Å². The lowest BCUT2D eigenvalue weighted by Gasteiger charge is -2.02. The van der Waals surface area contributed by atoms with E-state index in [9.17, 15) is 18.0 Å². The van der Waals surface area contributed by atoms with Crippen LogP contribution in [0.25, 0.3) is 0 Å². The Kier molecular flexibility index (Phi) is 3.53. The second-order valence-corrected chi connectivity index (χ2v) is 2.43. The van der Waals surface area contributed by atoms with Crippen molar-refractivity contribution in [3.63, 3.8) is 0 Å². The van der Waals surface area contributed by atoms with Gasteiger partial charge in [0.15, 0.2) is 5.69 Å². The van der Waals surface area contributed by atoms with Crippen LogP contribution in [0, 0.1) is 0 Å². The first kappa shape index (κ1) is 12.8. The molecule has 1 amide bonds. The van der Waals surface area contributed by atoms with Gasteiger partial charge in [-0.05, 0) is 0 Å². The summed E-state index contributed by atoms with van der Waals surface area (Å²) in [6.07, 6.45) is -3.71. The molecule has 0 saturated carbocycles. The topological polar surface area (TPSA) is 60.9 Å². The summed E-state index contributed by atoms with van der Waals surface area (Å²) in [6, 6.07) is 0. The summed E-state index contributed by atoms with van der Waals surface area (Å²) >= 11 is 0. The molecule has 0 saturated heterocycles. The summed E-state index contributed by atoms with van der Waals surface area (Å²) < 4.78 is 37.3. The van der Waals surface area contributed by atoms with Crippen molar-refractivity contribution in [1.29, 1.82) is 0 Å². The lowest BCUT2D eigenvalue weighted by molar-refractivity contribution is -0.141. The van der Waals surface area contributed by atoms with Crippen LogP contribution in [-0.2, 0) is 13.2 Å². The number of nitrogens with two attached hydrogens (primary N) is 1. The first-order valence-corrected chi connectivity index (χ1v) is 3.23. The Bertz CT molecular complexity index is 347. The molecule has 1 aromatic heterocycles. The monoisotopic (exact) mass is 229 g/mol. The van der Waals surface area contributed by atoms with Crippen molar-refractivity contribution in [2.75, 3.05) is 0 Å². The molecule has 0 radical (unpaired) electrons. The standard InChI is InChI=1S/C6H6F3N3O.ClH/c1-12-2-3(5(10)13)4(11-12)6(7,8)9;/h2H,1H3,(H2,10,13);1H. The van der Waals surface area contributed by atoms with Gasteiger partial charge in [-0.1, -0.05) is 0 Å². The van der Waals surface area contributed by atoms with Gasteiger partial charge in [-0.25, -0.2) is 0 Å². The van der Waals surface area contributed by atoms with Crippen molar-refractivity contribution >= 4 is 18.3 Å². The maximum Gasteiger partial charge on any atom is 0.435 e. The first-order valence-electron chi connectivity index (χ1n) is 3.23. The Labute approximate surface area is 83.3 Å². The highest BCUT2D eigenvalue weighted by atomic mass is 35.5. The quantitative estimate of drug-likeness (QED) is 0.780. The maximum absolute atomic E-state index is 12.1. The second kappa shape index (κ2) is 3.87. The maximum atomic E-state index is 12.1. The van der Waals surface area contributed by atoms with Crippen molar-refractivity contribution in [2.24, 2.45) is 12.8 Å². The van der Waals surface area contributed by atoms with Crippen LogP contribution < -0.4 is 5.73 Å². The van der Waals surface area contributed by atoms with E-state index in [-0.39, 0.29) is 12.4 Å². The van der Waals surface area contributed by atoms with E-state index in [2.05, 4.69) is 5.10 Å². The highest BCUT2D eigenvalue weighted by molar-refractivity contribution is 5.93. The molecule has 4 nitrogen and oxygen atoms in total. The highest BCUT2D eigenvalue weighted by Gasteiger charge is 2.38. The Hall–Kier alpha value is -1.24. The average Bonchev–Trinajstić information content (AvgIpc) is 2.29. The van der Waals surface area contributed by atoms with Crippen molar-refractivity contribution in [1.82, 2.24) is 9.78 Å². The third-order valence-corrected chi connectivity index (χ3v) is 1.36. The van der Waals surface area contributed by atoms with Crippen molar-refractivity contribution in [3.05, 3.63) is 17.5 Å². The number of hydrogen-bond acceptors (Lipinski definition) is 2. The third kappa shape index (κ3) is 2.38. The summed E-state index contributed by atoms with van der Waals surface area (Å²) in [5.41, 5.74) is 2.87. The number of hydrogen-bond donors (Lipinski definition) is 1. The van der Waals surface area contributed by atoms with Crippen LogP contribution in [0.1, 0.15) is 16.1 Å². The fourth-order valence-electron chi connectivity index (χ4n) is 0.878. The fourth-order valence-corrected chi connectivity index (χ4v) is 0.878. The van der Waals surface area contributed by atoms with Gasteiger partial charge in [-0.2, -0.15) is 18.3 Å². The van der Waals surface area contributed by atoms with E-state index < -0.39 is 23.3 Å². The summed E-state index contributed by atoms with van der Waals surface area (Å²) in [7, 11) is 1.28. The lowest BCUT2D eigenvalue weighted by atomic mass is 10.2. The van der Waals surface area contributed by atoms with Crippen LogP contribution in [0.15, 0.2) is 6.20 Å². The number of carbonyl (C=O) groups is 1. The molecule has 0 atom stereocenters. The number of rotatable bonds is 1. The average molecular weight is 230 g/mol. The van der Waals surface area contributed by atoms with Crippen LogP contribution in [0.2, 0.25) is 0 Å². The van der Waals surface area contributed by atoms with Gasteiger partial charge in [0, 0.05) is 13.2 Å². The Morgan fingerprint density at radius 3 is 2.36 bits per heavy atom. The van der Waals surface area contributed by atoms with E-state index >= 15 is 0 Å². The molecule has 0 aliphatic carbocycles. The minimum atomic E-state index is -4.65. The van der Waals surface area contributed by atoms with Gasteiger partial charge in [0.1, 0.15) is 0 Å². The third-order valence-electron chi connectivity index (χ3n) is 1.36. The molecule has 0 unspecified atom stereocenters. The summed E-state index contributed by atoms with van der Waals surface area (Å²) in [5.74, 6) is -1.14. The zero-order valence-electron chi connectivity index (χ0n) is 7.00. The van der Waals surface area contributed by atoms with Gasteiger partial charge in [0.2, 0.25) is 0 Å². The fraction of sp³-hybridized carbons (Fsp3) is 0.333. The predicted octanol–water partition coefficient (Wildman–Crippen LogP) is 0.960. The second-order valence-electron chi connectivity index (χ2n) is 2.43. The normalized spacial score (nSPS) is 10.9.